The molecule has 1 aromatic rings. The first-order valence-corrected chi connectivity index (χ1v) is 6.39. The Morgan fingerprint density at radius 1 is 1.50 bits per heavy atom. The van der Waals surface area contributed by atoms with Gasteiger partial charge in [0.05, 0.1) is 0 Å². The molecule has 3 N–H and O–H groups in total. The highest BCUT2D eigenvalue weighted by atomic mass is 35.5. The number of hydrogen-bond acceptors (Lipinski definition) is 4. The highest BCUT2D eigenvalue weighted by Gasteiger charge is 2.12. The van der Waals surface area contributed by atoms with E-state index in [0.29, 0.717) is 16.8 Å². The fraction of sp³-hybridized carbons (Fsp3) is 0.583. The normalized spacial score (nSPS) is 12.2. The number of amides is 1. The minimum Gasteiger partial charge on any atom is -0.370 e. The number of nitrogens with zero attached hydrogens (tertiary/aromatic N) is 2. The molecule has 1 aromatic heterocycles. The summed E-state index contributed by atoms with van der Waals surface area (Å²) in [5.41, 5.74) is 5.94. The monoisotopic (exact) mass is 270 g/mol. The van der Waals surface area contributed by atoms with Crippen molar-refractivity contribution in [2.75, 3.05) is 5.32 Å². The van der Waals surface area contributed by atoms with Gasteiger partial charge in [-0.15, -0.1) is 0 Å². The van der Waals surface area contributed by atoms with Gasteiger partial charge in [-0.3, -0.25) is 4.79 Å². The minimum atomic E-state index is -0.346. The van der Waals surface area contributed by atoms with Crippen molar-refractivity contribution < 1.29 is 4.79 Å². The molecule has 0 aromatic carbocycles. The molecule has 6 heteroatoms. The van der Waals surface area contributed by atoms with Crippen molar-refractivity contribution in [2.24, 2.45) is 5.73 Å². The van der Waals surface area contributed by atoms with E-state index in [1.54, 1.807) is 0 Å². The number of aromatic nitrogens is 2. The number of rotatable bonds is 6. The van der Waals surface area contributed by atoms with E-state index in [1.165, 1.54) is 0 Å². The molecule has 1 rings (SSSR count). The van der Waals surface area contributed by atoms with Crippen molar-refractivity contribution >= 4 is 23.3 Å². The molecule has 0 fully saturated rings. The molecule has 0 saturated carbocycles. The van der Waals surface area contributed by atoms with Gasteiger partial charge in [0.2, 0.25) is 5.91 Å². The van der Waals surface area contributed by atoms with E-state index >= 15 is 0 Å². The first kappa shape index (κ1) is 14.7. The highest BCUT2D eigenvalue weighted by molar-refractivity contribution is 6.30. The zero-order valence-electron chi connectivity index (χ0n) is 11.0. The summed E-state index contributed by atoms with van der Waals surface area (Å²) in [6.45, 7) is 5.77. The fourth-order valence-electron chi connectivity index (χ4n) is 1.59. The number of nitrogens with two attached hydrogens (primary N) is 1. The standard InChI is InChI=1S/C12H19ClN4O/c1-4-5-10-16-11(13)8(3)12(17-10)15-7(2)6-9(14)18/h7H,4-6H2,1-3H3,(H2,14,18)(H,15,16,17). The van der Waals surface area contributed by atoms with E-state index in [9.17, 15) is 4.79 Å². The highest BCUT2D eigenvalue weighted by Crippen LogP contribution is 2.21. The van der Waals surface area contributed by atoms with Crippen LogP contribution in [0, 0.1) is 6.92 Å². The van der Waals surface area contributed by atoms with Crippen molar-refractivity contribution in [3.8, 4) is 0 Å². The Morgan fingerprint density at radius 2 is 2.17 bits per heavy atom. The van der Waals surface area contributed by atoms with Crippen LogP contribution in [-0.4, -0.2) is 21.9 Å². The molecule has 0 radical (unpaired) electrons. The number of halogens is 1. The van der Waals surface area contributed by atoms with Crippen LogP contribution >= 0.6 is 11.6 Å². The SMILES string of the molecule is CCCc1nc(Cl)c(C)c(NC(C)CC(N)=O)n1. The molecule has 0 aliphatic carbocycles. The predicted molar refractivity (Wildman–Crippen MR) is 72.7 cm³/mol. The van der Waals surface area contributed by atoms with Gasteiger partial charge >= 0.3 is 0 Å². The van der Waals surface area contributed by atoms with Crippen molar-refractivity contribution in [3.63, 3.8) is 0 Å². The summed E-state index contributed by atoms with van der Waals surface area (Å²) in [6.07, 6.45) is 1.98. The van der Waals surface area contributed by atoms with Crippen LogP contribution in [0.3, 0.4) is 0 Å². The summed E-state index contributed by atoms with van der Waals surface area (Å²) >= 11 is 6.06. The molecular weight excluding hydrogens is 252 g/mol. The lowest BCUT2D eigenvalue weighted by Gasteiger charge is -2.16. The van der Waals surface area contributed by atoms with Crippen molar-refractivity contribution in [3.05, 3.63) is 16.5 Å². The average Bonchev–Trinajstić information content (AvgIpc) is 2.24. The third-order valence-electron chi connectivity index (χ3n) is 2.50. The summed E-state index contributed by atoms with van der Waals surface area (Å²) in [5, 5.41) is 3.59. The Balaban J connectivity index is 2.89. The largest absolute Gasteiger partial charge is 0.370 e. The maximum atomic E-state index is 10.8. The maximum Gasteiger partial charge on any atom is 0.219 e. The minimum absolute atomic E-state index is 0.0818. The van der Waals surface area contributed by atoms with Gasteiger partial charge in [0.1, 0.15) is 16.8 Å². The number of hydrogen-bond donors (Lipinski definition) is 2. The third-order valence-corrected chi connectivity index (χ3v) is 2.86. The number of carbonyl (C=O) groups is 1. The van der Waals surface area contributed by atoms with Crippen LogP contribution in [0.5, 0.6) is 0 Å². The molecule has 1 heterocycles. The fourth-order valence-corrected chi connectivity index (χ4v) is 1.78. The Kier molecular flexibility index (Phi) is 5.34. The van der Waals surface area contributed by atoms with Crippen LogP contribution < -0.4 is 11.1 Å². The van der Waals surface area contributed by atoms with Crippen LogP contribution in [0.1, 0.15) is 38.1 Å². The molecule has 1 unspecified atom stereocenters. The number of anilines is 1. The Morgan fingerprint density at radius 3 is 2.72 bits per heavy atom. The van der Waals surface area contributed by atoms with E-state index in [0.717, 1.165) is 18.4 Å². The lowest BCUT2D eigenvalue weighted by Crippen LogP contribution is -2.25. The second kappa shape index (κ2) is 6.54. The van der Waals surface area contributed by atoms with Crippen molar-refractivity contribution in [2.45, 2.75) is 46.1 Å². The second-order valence-corrected chi connectivity index (χ2v) is 4.73. The summed E-state index contributed by atoms with van der Waals surface area (Å²) < 4.78 is 0. The molecule has 1 amide bonds. The van der Waals surface area contributed by atoms with Gasteiger partial charge in [-0.25, -0.2) is 9.97 Å². The van der Waals surface area contributed by atoms with E-state index in [2.05, 4.69) is 22.2 Å². The lowest BCUT2D eigenvalue weighted by atomic mass is 10.2. The second-order valence-electron chi connectivity index (χ2n) is 4.37. The summed E-state index contributed by atoms with van der Waals surface area (Å²) in [5.74, 6) is 1.04. The van der Waals surface area contributed by atoms with Gasteiger partial charge < -0.3 is 11.1 Å². The van der Waals surface area contributed by atoms with Crippen LogP contribution in [-0.2, 0) is 11.2 Å². The average molecular weight is 271 g/mol. The molecule has 100 valence electrons. The summed E-state index contributed by atoms with van der Waals surface area (Å²) in [6, 6.07) is -0.0818. The van der Waals surface area contributed by atoms with Crippen LogP contribution in [0.2, 0.25) is 5.15 Å². The smallest absolute Gasteiger partial charge is 0.219 e. The number of nitrogens with one attached hydrogen (secondary N) is 1. The van der Waals surface area contributed by atoms with Crippen LogP contribution in [0.25, 0.3) is 0 Å². The molecular formula is C12H19ClN4O. The van der Waals surface area contributed by atoms with Gasteiger partial charge in [0, 0.05) is 24.4 Å². The van der Waals surface area contributed by atoms with E-state index in [-0.39, 0.29) is 18.4 Å². The molecule has 0 saturated heterocycles. The van der Waals surface area contributed by atoms with E-state index < -0.39 is 0 Å². The van der Waals surface area contributed by atoms with Gasteiger partial charge in [-0.05, 0) is 20.3 Å². The van der Waals surface area contributed by atoms with Gasteiger partial charge in [0.15, 0.2) is 0 Å². The lowest BCUT2D eigenvalue weighted by molar-refractivity contribution is -0.118. The van der Waals surface area contributed by atoms with Crippen LogP contribution in [0.4, 0.5) is 5.82 Å². The molecule has 0 aliphatic heterocycles. The van der Waals surface area contributed by atoms with Gasteiger partial charge in [-0.1, -0.05) is 18.5 Å². The number of carbonyl (C=O) groups excluding carboxylic acids is 1. The maximum absolute atomic E-state index is 10.8. The summed E-state index contributed by atoms with van der Waals surface area (Å²) in [7, 11) is 0. The Hall–Kier alpha value is -1.36. The summed E-state index contributed by atoms with van der Waals surface area (Å²) in [4.78, 5) is 19.5. The third kappa shape index (κ3) is 4.14. The van der Waals surface area contributed by atoms with E-state index in [4.69, 9.17) is 17.3 Å². The van der Waals surface area contributed by atoms with Gasteiger partial charge in [-0.2, -0.15) is 0 Å². The molecule has 0 spiro atoms. The van der Waals surface area contributed by atoms with Crippen LogP contribution in [0.15, 0.2) is 0 Å². The van der Waals surface area contributed by atoms with E-state index in [1.807, 2.05) is 13.8 Å². The number of aryl methyl sites for hydroxylation is 1. The van der Waals surface area contributed by atoms with Gasteiger partial charge in [0.25, 0.3) is 0 Å². The molecule has 0 bridgehead atoms. The first-order valence-electron chi connectivity index (χ1n) is 6.01. The first-order chi connectivity index (χ1) is 8.43. The molecule has 0 aliphatic rings. The Bertz CT molecular complexity index is 436. The molecule has 5 nitrogen and oxygen atoms in total. The quantitative estimate of drug-likeness (QED) is 0.776. The predicted octanol–water partition coefficient (Wildman–Crippen LogP) is 2.07. The topological polar surface area (TPSA) is 80.9 Å². The van der Waals surface area contributed by atoms with Crippen molar-refractivity contribution in [1.82, 2.24) is 9.97 Å². The molecule has 1 atom stereocenters. The Labute approximate surface area is 112 Å². The number of primary amides is 1. The van der Waals surface area contributed by atoms with Crippen molar-refractivity contribution in [1.29, 1.82) is 0 Å². The zero-order valence-corrected chi connectivity index (χ0v) is 11.7. The zero-order chi connectivity index (χ0) is 13.7. The molecule has 18 heavy (non-hydrogen) atoms.